The average Bonchev–Trinajstić information content (AvgIpc) is 2.61. The summed E-state index contributed by atoms with van der Waals surface area (Å²) in [6, 6.07) is 7.90. The number of carbonyl (C=O) groups is 1. The first-order chi connectivity index (χ1) is 12.0. The maximum absolute atomic E-state index is 13.0. The molecule has 0 fully saturated rings. The van der Waals surface area contributed by atoms with Gasteiger partial charge in [-0.2, -0.15) is 9.78 Å². The van der Waals surface area contributed by atoms with E-state index in [9.17, 15) is 14.0 Å². The summed E-state index contributed by atoms with van der Waals surface area (Å²) >= 11 is 0. The third-order valence-electron chi connectivity index (χ3n) is 3.89. The van der Waals surface area contributed by atoms with Crippen molar-refractivity contribution in [3.8, 4) is 5.69 Å². The number of nitrogens with zero attached hydrogens (tertiary/aromatic N) is 2. The normalized spacial score (nSPS) is 12.0. The van der Waals surface area contributed by atoms with Gasteiger partial charge in [0.05, 0.1) is 5.69 Å². The number of amides is 1. The number of halogens is 1. The second-order valence-electron chi connectivity index (χ2n) is 5.82. The van der Waals surface area contributed by atoms with Crippen LogP contribution in [-0.2, 0) is 0 Å². The SMILES string of the molecule is CCCC(CCO)CNC(=O)c1ccc(=O)n(-c2ccc(F)cc2)n1. The number of hydrogen-bond acceptors (Lipinski definition) is 4. The minimum atomic E-state index is -0.420. The topological polar surface area (TPSA) is 84.2 Å². The summed E-state index contributed by atoms with van der Waals surface area (Å²) in [6.07, 6.45) is 2.49. The molecular weight excluding hydrogens is 325 g/mol. The van der Waals surface area contributed by atoms with Gasteiger partial charge in [-0.3, -0.25) is 9.59 Å². The molecule has 1 atom stereocenters. The highest BCUT2D eigenvalue weighted by molar-refractivity contribution is 5.92. The average molecular weight is 347 g/mol. The summed E-state index contributed by atoms with van der Waals surface area (Å²) in [6.45, 7) is 2.56. The lowest BCUT2D eigenvalue weighted by Crippen LogP contribution is -2.32. The van der Waals surface area contributed by atoms with E-state index in [4.69, 9.17) is 5.11 Å². The van der Waals surface area contributed by atoms with Gasteiger partial charge in [0.25, 0.3) is 11.5 Å². The molecule has 1 amide bonds. The predicted molar refractivity (Wildman–Crippen MR) is 92.2 cm³/mol. The Bertz CT molecular complexity index is 753. The Morgan fingerprint density at radius 3 is 2.60 bits per heavy atom. The second kappa shape index (κ2) is 9.08. The molecule has 6 nitrogen and oxygen atoms in total. The van der Waals surface area contributed by atoms with E-state index in [1.54, 1.807) is 0 Å². The monoisotopic (exact) mass is 347 g/mol. The Labute approximate surface area is 145 Å². The molecule has 0 saturated heterocycles. The van der Waals surface area contributed by atoms with Crippen molar-refractivity contribution in [3.63, 3.8) is 0 Å². The molecule has 2 rings (SSSR count). The molecule has 0 aliphatic rings. The van der Waals surface area contributed by atoms with E-state index in [2.05, 4.69) is 10.4 Å². The summed E-state index contributed by atoms with van der Waals surface area (Å²) in [5, 5.41) is 15.9. The molecule has 0 aliphatic carbocycles. The summed E-state index contributed by atoms with van der Waals surface area (Å²) in [5.41, 5.74) is 0.0701. The third-order valence-corrected chi connectivity index (χ3v) is 3.89. The number of benzene rings is 1. The van der Waals surface area contributed by atoms with Gasteiger partial charge in [0.2, 0.25) is 0 Å². The van der Waals surface area contributed by atoms with Crippen molar-refractivity contribution in [3.05, 3.63) is 58.3 Å². The van der Waals surface area contributed by atoms with E-state index in [-0.39, 0.29) is 18.2 Å². The Balaban J connectivity index is 2.14. The van der Waals surface area contributed by atoms with Gasteiger partial charge >= 0.3 is 0 Å². The molecule has 1 unspecified atom stereocenters. The van der Waals surface area contributed by atoms with Crippen molar-refractivity contribution in [2.45, 2.75) is 26.2 Å². The Kier molecular flexibility index (Phi) is 6.82. The zero-order valence-electron chi connectivity index (χ0n) is 14.1. The van der Waals surface area contributed by atoms with Crippen molar-refractivity contribution in [1.82, 2.24) is 15.1 Å². The van der Waals surface area contributed by atoms with Crippen LogP contribution < -0.4 is 10.9 Å². The molecular formula is C18H22FN3O3. The highest BCUT2D eigenvalue weighted by Crippen LogP contribution is 2.10. The van der Waals surface area contributed by atoms with E-state index in [0.29, 0.717) is 18.7 Å². The minimum absolute atomic E-state index is 0.0776. The molecule has 0 aliphatic heterocycles. The van der Waals surface area contributed by atoms with Gasteiger partial charge in [-0.05, 0) is 49.1 Å². The number of aromatic nitrogens is 2. The van der Waals surface area contributed by atoms with Crippen LogP contribution >= 0.6 is 0 Å². The molecule has 0 radical (unpaired) electrons. The highest BCUT2D eigenvalue weighted by atomic mass is 19.1. The Morgan fingerprint density at radius 2 is 1.96 bits per heavy atom. The van der Waals surface area contributed by atoms with Crippen molar-refractivity contribution in [2.24, 2.45) is 5.92 Å². The number of carbonyl (C=O) groups excluding carboxylic acids is 1. The van der Waals surface area contributed by atoms with E-state index >= 15 is 0 Å². The summed E-state index contributed by atoms with van der Waals surface area (Å²) in [4.78, 5) is 24.3. The maximum atomic E-state index is 13.0. The van der Waals surface area contributed by atoms with Crippen LogP contribution in [0, 0.1) is 11.7 Å². The van der Waals surface area contributed by atoms with E-state index in [1.165, 1.54) is 36.4 Å². The van der Waals surface area contributed by atoms with E-state index in [0.717, 1.165) is 17.5 Å². The number of rotatable bonds is 8. The van der Waals surface area contributed by atoms with Crippen molar-refractivity contribution in [1.29, 1.82) is 0 Å². The van der Waals surface area contributed by atoms with Crippen LogP contribution in [0.5, 0.6) is 0 Å². The fourth-order valence-corrected chi connectivity index (χ4v) is 2.57. The van der Waals surface area contributed by atoms with Crippen LogP contribution in [0.2, 0.25) is 0 Å². The molecule has 0 spiro atoms. The lowest BCUT2D eigenvalue weighted by Gasteiger charge is -2.15. The zero-order chi connectivity index (χ0) is 18.2. The van der Waals surface area contributed by atoms with Crippen LogP contribution in [0.4, 0.5) is 4.39 Å². The van der Waals surface area contributed by atoms with Crippen LogP contribution in [0.1, 0.15) is 36.7 Å². The largest absolute Gasteiger partial charge is 0.396 e. The molecule has 2 N–H and O–H groups in total. The number of nitrogens with one attached hydrogen (secondary N) is 1. The molecule has 0 saturated carbocycles. The van der Waals surface area contributed by atoms with Crippen molar-refractivity contribution < 1.29 is 14.3 Å². The van der Waals surface area contributed by atoms with Crippen LogP contribution in [-0.4, -0.2) is 33.9 Å². The minimum Gasteiger partial charge on any atom is -0.396 e. The predicted octanol–water partition coefficient (Wildman–Crippen LogP) is 1.90. The van der Waals surface area contributed by atoms with Crippen molar-refractivity contribution in [2.75, 3.05) is 13.2 Å². The Hall–Kier alpha value is -2.54. The van der Waals surface area contributed by atoms with Gasteiger partial charge in [-0.15, -0.1) is 0 Å². The molecule has 134 valence electrons. The first-order valence-corrected chi connectivity index (χ1v) is 8.30. The smallest absolute Gasteiger partial charge is 0.271 e. The van der Waals surface area contributed by atoms with Gasteiger partial charge < -0.3 is 10.4 Å². The molecule has 1 aromatic carbocycles. The van der Waals surface area contributed by atoms with Gasteiger partial charge in [-0.25, -0.2) is 4.39 Å². The maximum Gasteiger partial charge on any atom is 0.271 e. The fourth-order valence-electron chi connectivity index (χ4n) is 2.57. The second-order valence-corrected chi connectivity index (χ2v) is 5.82. The summed E-state index contributed by atoms with van der Waals surface area (Å²) in [5.74, 6) is -0.617. The third kappa shape index (κ3) is 5.22. The fraction of sp³-hybridized carbons (Fsp3) is 0.389. The molecule has 1 heterocycles. The van der Waals surface area contributed by atoms with Crippen LogP contribution in [0.25, 0.3) is 5.69 Å². The van der Waals surface area contributed by atoms with Gasteiger partial charge in [0, 0.05) is 19.2 Å². The van der Waals surface area contributed by atoms with E-state index < -0.39 is 17.3 Å². The quantitative estimate of drug-likeness (QED) is 0.764. The van der Waals surface area contributed by atoms with Crippen LogP contribution in [0.15, 0.2) is 41.2 Å². The Morgan fingerprint density at radius 1 is 1.24 bits per heavy atom. The first kappa shape index (κ1) is 18.8. The van der Waals surface area contributed by atoms with E-state index in [1.807, 2.05) is 6.92 Å². The lowest BCUT2D eigenvalue weighted by molar-refractivity contribution is 0.0936. The molecule has 0 bridgehead atoms. The molecule has 2 aromatic rings. The summed E-state index contributed by atoms with van der Waals surface area (Å²) in [7, 11) is 0. The molecule has 7 heteroatoms. The lowest BCUT2D eigenvalue weighted by atomic mass is 10.0. The number of aliphatic hydroxyl groups excluding tert-OH is 1. The number of aliphatic hydroxyl groups is 1. The van der Waals surface area contributed by atoms with Crippen molar-refractivity contribution >= 4 is 5.91 Å². The highest BCUT2D eigenvalue weighted by Gasteiger charge is 2.13. The first-order valence-electron chi connectivity index (χ1n) is 8.30. The summed E-state index contributed by atoms with van der Waals surface area (Å²) < 4.78 is 14.1. The zero-order valence-corrected chi connectivity index (χ0v) is 14.1. The standard InChI is InChI=1S/C18H22FN3O3/c1-2-3-13(10-11-23)12-20-18(25)16-8-9-17(24)22(21-16)15-6-4-14(19)5-7-15/h4-9,13,23H,2-3,10-12H2,1H3,(H,20,25). The van der Waals surface area contributed by atoms with Gasteiger partial charge in [0.1, 0.15) is 11.5 Å². The van der Waals surface area contributed by atoms with Gasteiger partial charge in [0.15, 0.2) is 0 Å². The van der Waals surface area contributed by atoms with Crippen LogP contribution in [0.3, 0.4) is 0 Å². The molecule has 25 heavy (non-hydrogen) atoms. The van der Waals surface area contributed by atoms with Gasteiger partial charge in [-0.1, -0.05) is 13.3 Å². The molecule has 1 aromatic heterocycles. The number of hydrogen-bond donors (Lipinski definition) is 2.